The van der Waals surface area contributed by atoms with E-state index in [4.69, 9.17) is 17.3 Å². The lowest BCUT2D eigenvalue weighted by Gasteiger charge is -2.03. The van der Waals surface area contributed by atoms with Crippen molar-refractivity contribution in [1.29, 1.82) is 0 Å². The Bertz CT molecular complexity index is 1850. The summed E-state index contributed by atoms with van der Waals surface area (Å²) in [5.41, 5.74) is 8.73. The SMILES string of the molecule is CCc1ccc(CCc2cc(=O)n3[nH]c(C)nc3n2)cc1.Cc1nc(N)n[nH]1.Cc1nc2nc(CCl)cc(=O)n2[nH]1. The van der Waals surface area contributed by atoms with Gasteiger partial charge in [-0.25, -0.2) is 9.97 Å². The number of nitrogen functional groups attached to an aromatic ring is 1. The molecule has 41 heavy (non-hydrogen) atoms. The minimum Gasteiger partial charge on any atom is -0.367 e. The third-order valence-electron chi connectivity index (χ3n) is 5.84. The van der Waals surface area contributed by atoms with Crippen LogP contribution in [0.3, 0.4) is 0 Å². The number of alkyl halides is 1. The Morgan fingerprint density at radius 3 is 1.76 bits per heavy atom. The number of hydrogen-bond acceptors (Lipinski definition) is 9. The van der Waals surface area contributed by atoms with E-state index in [9.17, 15) is 9.59 Å². The normalized spacial score (nSPS) is 10.8. The summed E-state index contributed by atoms with van der Waals surface area (Å²) < 4.78 is 2.65. The second-order valence-electron chi connectivity index (χ2n) is 9.14. The summed E-state index contributed by atoms with van der Waals surface area (Å²) in [5, 5.41) is 11.8. The van der Waals surface area contributed by atoms with E-state index >= 15 is 0 Å². The van der Waals surface area contributed by atoms with Crippen LogP contribution in [0, 0.1) is 20.8 Å². The molecule has 0 aliphatic rings. The minimum atomic E-state index is -0.193. The molecule has 0 aliphatic carbocycles. The van der Waals surface area contributed by atoms with Crippen molar-refractivity contribution in [2.24, 2.45) is 0 Å². The summed E-state index contributed by atoms with van der Waals surface area (Å²) in [6.45, 7) is 7.51. The van der Waals surface area contributed by atoms with Gasteiger partial charge in [0.15, 0.2) is 0 Å². The number of nitrogens with one attached hydrogen (secondary N) is 3. The van der Waals surface area contributed by atoms with Gasteiger partial charge in [-0.2, -0.15) is 24.0 Å². The largest absolute Gasteiger partial charge is 0.367 e. The van der Waals surface area contributed by atoms with E-state index in [1.165, 1.54) is 26.2 Å². The molecule has 0 saturated carbocycles. The lowest BCUT2D eigenvalue weighted by atomic mass is 10.1. The molecule has 0 bridgehead atoms. The molecule has 14 nitrogen and oxygen atoms in total. The second kappa shape index (κ2) is 13.0. The van der Waals surface area contributed by atoms with Crippen molar-refractivity contribution in [3.63, 3.8) is 0 Å². The number of benzene rings is 1. The zero-order chi connectivity index (χ0) is 29.5. The highest BCUT2D eigenvalue weighted by atomic mass is 35.5. The number of H-pyrrole nitrogens is 3. The van der Waals surface area contributed by atoms with Gasteiger partial charge in [-0.3, -0.25) is 24.9 Å². The number of aromatic nitrogens is 11. The van der Waals surface area contributed by atoms with Crippen LogP contribution in [-0.2, 0) is 25.1 Å². The number of halogens is 1. The van der Waals surface area contributed by atoms with Crippen molar-refractivity contribution < 1.29 is 0 Å². The van der Waals surface area contributed by atoms with Crippen LogP contribution >= 0.6 is 11.6 Å². The number of aromatic amines is 3. The summed E-state index contributed by atoms with van der Waals surface area (Å²) >= 11 is 5.56. The van der Waals surface area contributed by atoms with Gasteiger partial charge in [0.2, 0.25) is 5.95 Å². The van der Waals surface area contributed by atoms with Gasteiger partial charge >= 0.3 is 0 Å². The number of rotatable bonds is 5. The van der Waals surface area contributed by atoms with Crippen molar-refractivity contribution in [2.75, 3.05) is 5.73 Å². The first-order chi connectivity index (χ1) is 19.6. The Balaban J connectivity index is 0.000000163. The molecule has 0 aliphatic heterocycles. The lowest BCUT2D eigenvalue weighted by Crippen LogP contribution is -2.16. The first-order valence-electron chi connectivity index (χ1n) is 12.8. The summed E-state index contributed by atoms with van der Waals surface area (Å²) in [6, 6.07) is 11.5. The smallest absolute Gasteiger partial charge is 0.274 e. The number of aryl methyl sites for hydroxylation is 6. The molecular weight excluding hydrogens is 548 g/mol. The zero-order valence-corrected chi connectivity index (χ0v) is 23.9. The lowest BCUT2D eigenvalue weighted by molar-refractivity contribution is 0.843. The van der Waals surface area contributed by atoms with E-state index in [1.807, 2.05) is 6.92 Å². The van der Waals surface area contributed by atoms with Gasteiger partial charge in [0.1, 0.15) is 17.5 Å². The van der Waals surface area contributed by atoms with Crippen LogP contribution in [0.2, 0.25) is 0 Å². The molecule has 0 saturated heterocycles. The molecule has 0 amide bonds. The molecule has 15 heteroatoms. The van der Waals surface area contributed by atoms with Gasteiger partial charge in [0, 0.05) is 12.1 Å². The predicted octanol–water partition coefficient (Wildman–Crippen LogP) is 2.23. The van der Waals surface area contributed by atoms with Gasteiger partial charge < -0.3 is 5.73 Å². The summed E-state index contributed by atoms with van der Waals surface area (Å²) in [6.07, 6.45) is 2.66. The van der Waals surface area contributed by atoms with Crippen molar-refractivity contribution in [3.05, 3.63) is 97.1 Å². The third-order valence-corrected chi connectivity index (χ3v) is 6.12. The fourth-order valence-electron chi connectivity index (χ4n) is 3.84. The van der Waals surface area contributed by atoms with Gasteiger partial charge in [0.25, 0.3) is 22.7 Å². The highest BCUT2D eigenvalue weighted by molar-refractivity contribution is 6.16. The molecule has 5 N–H and O–H groups in total. The monoisotopic (exact) mass is 578 g/mol. The fourth-order valence-corrected chi connectivity index (χ4v) is 3.97. The first kappa shape index (κ1) is 29.1. The quantitative estimate of drug-likeness (QED) is 0.222. The Morgan fingerprint density at radius 2 is 1.29 bits per heavy atom. The van der Waals surface area contributed by atoms with Crippen LogP contribution in [-0.4, -0.2) is 54.3 Å². The highest BCUT2D eigenvalue weighted by Crippen LogP contribution is 2.08. The van der Waals surface area contributed by atoms with E-state index < -0.39 is 0 Å². The van der Waals surface area contributed by atoms with Gasteiger partial charge in [0.05, 0.1) is 17.3 Å². The average molecular weight is 579 g/mol. The van der Waals surface area contributed by atoms with E-state index in [0.717, 1.165) is 30.8 Å². The molecule has 6 rings (SSSR count). The molecule has 6 aromatic rings. The molecular formula is C26H31ClN12O2. The Morgan fingerprint density at radius 1 is 0.756 bits per heavy atom. The Kier molecular flexibility index (Phi) is 9.24. The van der Waals surface area contributed by atoms with Crippen molar-refractivity contribution in [1.82, 2.24) is 54.3 Å². The number of fused-ring (bicyclic) bond motifs is 2. The van der Waals surface area contributed by atoms with Crippen molar-refractivity contribution in [3.8, 4) is 0 Å². The number of anilines is 1. The average Bonchev–Trinajstić information content (AvgIpc) is 3.65. The minimum absolute atomic E-state index is 0.114. The van der Waals surface area contributed by atoms with Crippen LogP contribution in [0.15, 0.2) is 46.0 Å². The topological polar surface area (TPSA) is 194 Å². The van der Waals surface area contributed by atoms with Gasteiger partial charge in [-0.15, -0.1) is 16.7 Å². The van der Waals surface area contributed by atoms with E-state index in [1.54, 1.807) is 19.9 Å². The maximum Gasteiger partial charge on any atom is 0.274 e. The fraction of sp³-hybridized carbons (Fsp3) is 0.308. The summed E-state index contributed by atoms with van der Waals surface area (Å²) in [5.74, 6) is 3.41. The number of nitrogens with zero attached hydrogens (tertiary/aromatic N) is 8. The van der Waals surface area contributed by atoms with E-state index in [0.29, 0.717) is 34.8 Å². The molecule has 0 fully saturated rings. The van der Waals surface area contributed by atoms with Crippen LogP contribution in [0.5, 0.6) is 0 Å². The van der Waals surface area contributed by atoms with Gasteiger partial charge in [-0.05, 0) is 51.2 Å². The maximum atomic E-state index is 12.0. The third kappa shape index (κ3) is 7.63. The Hall–Kier alpha value is -4.85. The maximum absolute atomic E-state index is 12.0. The molecule has 5 aromatic heterocycles. The summed E-state index contributed by atoms with van der Waals surface area (Å²) in [7, 11) is 0. The van der Waals surface area contributed by atoms with Crippen molar-refractivity contribution >= 4 is 29.1 Å². The molecule has 5 heterocycles. The molecule has 0 unspecified atom stereocenters. The zero-order valence-electron chi connectivity index (χ0n) is 23.1. The second-order valence-corrected chi connectivity index (χ2v) is 9.41. The number of nitrogens with two attached hydrogens (primary N) is 1. The molecule has 0 atom stereocenters. The number of hydrogen-bond donors (Lipinski definition) is 4. The molecule has 214 valence electrons. The molecule has 0 radical (unpaired) electrons. The van der Waals surface area contributed by atoms with Crippen molar-refractivity contribution in [2.45, 2.75) is 52.8 Å². The highest BCUT2D eigenvalue weighted by Gasteiger charge is 2.07. The Labute approximate surface area is 239 Å². The molecule has 1 aromatic carbocycles. The van der Waals surface area contributed by atoms with Crippen LogP contribution in [0.25, 0.3) is 11.6 Å². The van der Waals surface area contributed by atoms with E-state index in [2.05, 4.69) is 76.5 Å². The summed E-state index contributed by atoms with van der Waals surface area (Å²) in [4.78, 5) is 43.8. The van der Waals surface area contributed by atoms with E-state index in [-0.39, 0.29) is 17.0 Å². The standard InChI is InChI=1S/C16H18N4O.C7H7ClN4O.C3H6N4/c1-3-12-4-6-13(7-5-12)8-9-14-10-15(21)20-16(18-14)17-11(2)19-20;1-4-9-7-10-5(3-8)2-6(13)12(7)11-4;1-2-5-3(4)7-6-2/h4-7,10H,3,8-9H2,1-2H3,(H,17,18,19);2H,3H2,1H3,(H,9,10,11);1H3,(H3,4,5,6,7). The van der Waals surface area contributed by atoms with Crippen LogP contribution in [0.1, 0.15) is 46.9 Å². The van der Waals surface area contributed by atoms with Crippen LogP contribution < -0.4 is 16.9 Å². The van der Waals surface area contributed by atoms with Gasteiger partial charge in [-0.1, -0.05) is 31.2 Å². The predicted molar refractivity (Wildman–Crippen MR) is 155 cm³/mol. The molecule has 0 spiro atoms. The van der Waals surface area contributed by atoms with Crippen LogP contribution in [0.4, 0.5) is 5.95 Å². The first-order valence-corrected chi connectivity index (χ1v) is 13.4.